The smallest absolute Gasteiger partial charge is 0.471 e. The molecule has 0 radical (unpaired) electrons. The van der Waals surface area contributed by atoms with Crippen LogP contribution in [0.4, 0.5) is 26.3 Å². The molecule has 0 aromatic heterocycles. The number of carbonyl (C=O) groups is 1. The second-order valence-corrected chi connectivity index (χ2v) is 11.2. The molecule has 5 nitrogen and oxygen atoms in total. The molecule has 1 heterocycles. The summed E-state index contributed by atoms with van der Waals surface area (Å²) in [5.41, 5.74) is -1.10. The Balaban J connectivity index is 0.000000482. The average Bonchev–Trinajstić information content (AvgIpc) is 2.83. The first-order valence-electron chi connectivity index (χ1n) is 10.9. The molecule has 0 bridgehead atoms. The molecule has 2 aromatic carbocycles. The van der Waals surface area contributed by atoms with E-state index in [9.17, 15) is 39.6 Å². The van der Waals surface area contributed by atoms with Crippen molar-refractivity contribution < 1.29 is 44.3 Å². The SMILES string of the molecule is CC(C)(C1CCN(C(=O)C(F)(F)F)CC1)S(=O)(=O)c1cccc(C(F)(F)F)c1.COc1ccccc1. The van der Waals surface area contributed by atoms with Crippen LogP contribution in [0.2, 0.25) is 0 Å². The standard InChI is InChI=1S/C17H19F6NO3S.C7H8O/c1-15(2,11-6-8-24(9-7-11)14(25)17(21,22)23)28(26,27)13-5-3-4-12(10-13)16(18,19)20;1-8-7-5-3-2-4-6-7/h3-5,10-11H,6-9H2,1-2H3;2-6H,1H3. The van der Waals surface area contributed by atoms with E-state index in [-0.39, 0.29) is 25.9 Å². The monoisotopic (exact) mass is 539 g/mol. The van der Waals surface area contributed by atoms with Gasteiger partial charge < -0.3 is 9.64 Å². The van der Waals surface area contributed by atoms with Gasteiger partial charge in [-0.1, -0.05) is 24.3 Å². The van der Waals surface area contributed by atoms with Crippen molar-refractivity contribution >= 4 is 15.7 Å². The summed E-state index contributed by atoms with van der Waals surface area (Å²) in [5.74, 6) is -1.69. The van der Waals surface area contributed by atoms with Gasteiger partial charge in [-0.2, -0.15) is 26.3 Å². The predicted molar refractivity (Wildman–Crippen MR) is 121 cm³/mol. The van der Waals surface area contributed by atoms with Crippen molar-refractivity contribution in [3.8, 4) is 5.75 Å². The van der Waals surface area contributed by atoms with E-state index in [1.165, 1.54) is 13.8 Å². The van der Waals surface area contributed by atoms with Gasteiger partial charge in [0.25, 0.3) is 0 Å². The number of ether oxygens (including phenoxy) is 1. The van der Waals surface area contributed by atoms with Gasteiger partial charge in [0.2, 0.25) is 0 Å². The summed E-state index contributed by atoms with van der Waals surface area (Å²) in [6.45, 7) is 2.14. The highest BCUT2D eigenvalue weighted by atomic mass is 32.2. The van der Waals surface area contributed by atoms with E-state index in [2.05, 4.69) is 0 Å². The first-order chi connectivity index (χ1) is 16.5. The molecule has 2 aromatic rings. The Morgan fingerprint density at radius 3 is 1.92 bits per heavy atom. The van der Waals surface area contributed by atoms with Crippen LogP contribution in [0.5, 0.6) is 5.75 Å². The Kier molecular flexibility index (Phi) is 9.09. The lowest BCUT2D eigenvalue weighted by molar-refractivity contribution is -0.186. The number of nitrogens with zero attached hydrogens (tertiary/aromatic N) is 1. The van der Waals surface area contributed by atoms with E-state index in [0.717, 1.165) is 23.9 Å². The van der Waals surface area contributed by atoms with Crippen molar-refractivity contribution in [3.63, 3.8) is 0 Å². The first-order valence-corrected chi connectivity index (χ1v) is 12.4. The summed E-state index contributed by atoms with van der Waals surface area (Å²) in [4.78, 5) is 11.4. The van der Waals surface area contributed by atoms with Crippen molar-refractivity contribution in [1.82, 2.24) is 4.90 Å². The fourth-order valence-corrected chi connectivity index (χ4v) is 5.70. The highest BCUT2D eigenvalue weighted by Crippen LogP contribution is 2.40. The maximum Gasteiger partial charge on any atom is 0.471 e. The Hall–Kier alpha value is -2.76. The maximum absolute atomic E-state index is 13.0. The second kappa shape index (κ2) is 11.1. The number of halogens is 6. The minimum Gasteiger partial charge on any atom is -0.497 e. The van der Waals surface area contributed by atoms with E-state index in [4.69, 9.17) is 4.74 Å². The third kappa shape index (κ3) is 6.92. The molecular weight excluding hydrogens is 512 g/mol. The Morgan fingerprint density at radius 2 is 1.47 bits per heavy atom. The number of carbonyl (C=O) groups excluding carboxylic acids is 1. The van der Waals surface area contributed by atoms with Crippen LogP contribution < -0.4 is 4.74 Å². The molecule has 1 fully saturated rings. The quantitative estimate of drug-likeness (QED) is 0.464. The second-order valence-electron chi connectivity index (χ2n) is 8.71. The summed E-state index contributed by atoms with van der Waals surface area (Å²) >= 11 is 0. The fraction of sp³-hybridized carbons (Fsp3) is 0.458. The molecule has 0 atom stereocenters. The lowest BCUT2D eigenvalue weighted by Gasteiger charge is -2.40. The van der Waals surface area contributed by atoms with Gasteiger partial charge in [-0.05, 0) is 62.9 Å². The summed E-state index contributed by atoms with van der Waals surface area (Å²) < 4.78 is 106. The topological polar surface area (TPSA) is 63.7 Å². The largest absolute Gasteiger partial charge is 0.497 e. The van der Waals surface area contributed by atoms with Gasteiger partial charge in [0.15, 0.2) is 9.84 Å². The molecule has 0 saturated carbocycles. The Morgan fingerprint density at radius 1 is 0.917 bits per heavy atom. The van der Waals surface area contributed by atoms with E-state index in [0.29, 0.717) is 11.0 Å². The molecule has 200 valence electrons. The molecule has 1 saturated heterocycles. The van der Waals surface area contributed by atoms with Gasteiger partial charge in [0, 0.05) is 13.1 Å². The maximum atomic E-state index is 13.0. The predicted octanol–water partition coefficient (Wildman–Crippen LogP) is 5.75. The van der Waals surface area contributed by atoms with Crippen LogP contribution in [-0.2, 0) is 20.8 Å². The zero-order chi connectivity index (χ0) is 27.4. The number of hydrogen-bond donors (Lipinski definition) is 0. The molecule has 0 N–H and O–H groups in total. The summed E-state index contributed by atoms with van der Waals surface area (Å²) in [5, 5.41) is 0. The van der Waals surface area contributed by atoms with Crippen LogP contribution in [0.25, 0.3) is 0 Å². The molecule has 1 aliphatic heterocycles. The number of rotatable bonds is 4. The number of methoxy groups -OCH3 is 1. The minimum absolute atomic E-state index is 0.00693. The van der Waals surface area contributed by atoms with Crippen LogP contribution in [0.15, 0.2) is 59.5 Å². The number of alkyl halides is 6. The van der Waals surface area contributed by atoms with Gasteiger partial charge in [-0.3, -0.25) is 4.79 Å². The van der Waals surface area contributed by atoms with Gasteiger partial charge in [-0.25, -0.2) is 8.42 Å². The number of hydrogen-bond acceptors (Lipinski definition) is 4. The molecule has 0 spiro atoms. The van der Waals surface area contributed by atoms with Crippen molar-refractivity contribution in [2.24, 2.45) is 5.92 Å². The third-order valence-electron chi connectivity index (χ3n) is 6.15. The van der Waals surface area contributed by atoms with Crippen LogP contribution in [-0.4, -0.2) is 50.3 Å². The average molecular weight is 540 g/mol. The highest BCUT2D eigenvalue weighted by Gasteiger charge is 2.48. The van der Waals surface area contributed by atoms with Crippen LogP contribution >= 0.6 is 0 Å². The van der Waals surface area contributed by atoms with Crippen molar-refractivity contribution in [1.29, 1.82) is 0 Å². The summed E-state index contributed by atoms with van der Waals surface area (Å²) in [6.07, 6.45) is -9.73. The normalized spacial score (nSPS) is 15.6. The lowest BCUT2D eigenvalue weighted by Crippen LogP contribution is -2.50. The molecule has 36 heavy (non-hydrogen) atoms. The van der Waals surface area contributed by atoms with Crippen LogP contribution in [0.1, 0.15) is 32.3 Å². The Bertz CT molecular complexity index is 1120. The lowest BCUT2D eigenvalue weighted by atomic mass is 9.86. The summed E-state index contributed by atoms with van der Waals surface area (Å²) in [6, 6.07) is 13.1. The zero-order valence-electron chi connectivity index (χ0n) is 19.9. The molecule has 1 aliphatic rings. The molecule has 12 heteroatoms. The van der Waals surface area contributed by atoms with E-state index < -0.39 is 49.2 Å². The summed E-state index contributed by atoms with van der Waals surface area (Å²) in [7, 11) is -2.55. The van der Waals surface area contributed by atoms with Gasteiger partial charge in [0.1, 0.15) is 5.75 Å². The molecular formula is C24H27F6NO4S. The van der Waals surface area contributed by atoms with Crippen molar-refractivity contribution in [2.45, 2.75) is 48.7 Å². The number of amides is 1. The molecule has 1 amide bonds. The van der Waals surface area contributed by atoms with Gasteiger partial charge >= 0.3 is 18.3 Å². The molecule has 0 aliphatic carbocycles. The highest BCUT2D eigenvalue weighted by molar-refractivity contribution is 7.92. The number of benzene rings is 2. The zero-order valence-corrected chi connectivity index (χ0v) is 20.7. The van der Waals surface area contributed by atoms with Crippen molar-refractivity contribution in [3.05, 3.63) is 60.2 Å². The van der Waals surface area contributed by atoms with Crippen LogP contribution in [0, 0.1) is 5.92 Å². The van der Waals surface area contributed by atoms with E-state index in [1.54, 1.807) is 7.11 Å². The number of piperidine rings is 1. The molecule has 0 unspecified atom stereocenters. The van der Waals surface area contributed by atoms with E-state index in [1.807, 2.05) is 30.3 Å². The van der Waals surface area contributed by atoms with Gasteiger partial charge in [-0.15, -0.1) is 0 Å². The number of sulfone groups is 1. The van der Waals surface area contributed by atoms with E-state index >= 15 is 0 Å². The minimum atomic E-state index is -5.01. The fourth-order valence-electron chi connectivity index (χ4n) is 3.88. The Labute approximate surface area is 206 Å². The molecule has 3 rings (SSSR count). The van der Waals surface area contributed by atoms with Gasteiger partial charge in [0.05, 0.1) is 22.3 Å². The third-order valence-corrected chi connectivity index (χ3v) is 8.74. The number of para-hydroxylation sites is 1. The van der Waals surface area contributed by atoms with Crippen LogP contribution in [0.3, 0.4) is 0 Å². The van der Waals surface area contributed by atoms with Crippen molar-refractivity contribution in [2.75, 3.05) is 20.2 Å². The first kappa shape index (κ1) is 29.5. The number of likely N-dealkylation sites (tertiary alicyclic amines) is 1.